The molecule has 3 rings (SSSR count). The number of rotatable bonds is 5. The molecule has 2 heterocycles. The van der Waals surface area contributed by atoms with E-state index in [4.69, 9.17) is 10.7 Å². The van der Waals surface area contributed by atoms with E-state index in [1.54, 1.807) is 12.1 Å². The highest BCUT2D eigenvalue weighted by Crippen LogP contribution is 2.37. The molecule has 6 nitrogen and oxygen atoms in total. The van der Waals surface area contributed by atoms with E-state index in [2.05, 4.69) is 36.3 Å². The molecule has 0 aromatic heterocycles. The molecule has 0 aliphatic carbocycles. The molecule has 1 amide bonds. The highest BCUT2D eigenvalue weighted by atomic mass is 19.4. The Balaban J connectivity index is 1.79. The minimum Gasteiger partial charge on any atom is -0.368 e. The molecule has 0 bridgehead atoms. The normalized spacial score (nSPS) is 27.8. The van der Waals surface area contributed by atoms with E-state index in [1.165, 1.54) is 0 Å². The van der Waals surface area contributed by atoms with Crippen LogP contribution in [-0.2, 0) is 11.0 Å². The lowest BCUT2D eigenvalue weighted by atomic mass is 9.87. The summed E-state index contributed by atoms with van der Waals surface area (Å²) in [4.78, 5) is 19.1. The van der Waals surface area contributed by atoms with Crippen LogP contribution in [0.1, 0.15) is 71.0 Å². The van der Waals surface area contributed by atoms with Gasteiger partial charge in [-0.1, -0.05) is 39.8 Å². The van der Waals surface area contributed by atoms with Crippen LogP contribution in [0.25, 0.3) is 0 Å². The molecule has 1 aromatic carbocycles. The third-order valence-corrected chi connectivity index (χ3v) is 6.41. The average Bonchev–Trinajstić information content (AvgIpc) is 3.18. The summed E-state index contributed by atoms with van der Waals surface area (Å²) < 4.78 is 39.0. The van der Waals surface area contributed by atoms with Gasteiger partial charge >= 0.3 is 6.18 Å². The Hall–Kier alpha value is -2.13. The lowest BCUT2D eigenvalue weighted by Crippen LogP contribution is -2.60. The van der Waals surface area contributed by atoms with Crippen LogP contribution in [-0.4, -0.2) is 41.6 Å². The molecule has 1 fully saturated rings. The summed E-state index contributed by atoms with van der Waals surface area (Å²) in [7, 11) is 0. The number of benzene rings is 1. The van der Waals surface area contributed by atoms with E-state index in [0.717, 1.165) is 42.9 Å². The number of likely N-dealkylation sites (tertiary alicyclic amines) is 1. The van der Waals surface area contributed by atoms with Crippen LogP contribution in [0.5, 0.6) is 0 Å². The first-order valence-electron chi connectivity index (χ1n) is 11.6. The molecule has 4 unspecified atom stereocenters. The van der Waals surface area contributed by atoms with Gasteiger partial charge in [0.05, 0.1) is 17.9 Å². The molecular weight excluding hydrogens is 431 g/mol. The van der Waals surface area contributed by atoms with Crippen molar-refractivity contribution in [3.05, 3.63) is 35.4 Å². The van der Waals surface area contributed by atoms with Crippen LogP contribution in [0, 0.1) is 11.3 Å². The van der Waals surface area contributed by atoms with Crippen LogP contribution in [0.15, 0.2) is 29.3 Å². The van der Waals surface area contributed by atoms with Gasteiger partial charge in [0.2, 0.25) is 5.91 Å². The Morgan fingerprint density at radius 2 is 1.88 bits per heavy atom. The van der Waals surface area contributed by atoms with E-state index >= 15 is 0 Å². The Morgan fingerprint density at radius 3 is 2.42 bits per heavy atom. The number of amidine groups is 1. The first-order valence-corrected chi connectivity index (χ1v) is 11.6. The number of nitrogens with zero attached hydrogens (tertiary/aromatic N) is 2. The number of amides is 1. The minimum absolute atomic E-state index is 0.0142. The summed E-state index contributed by atoms with van der Waals surface area (Å²) >= 11 is 0. The fraction of sp³-hybridized carbons (Fsp3) is 0.667. The van der Waals surface area contributed by atoms with Gasteiger partial charge in [-0.3, -0.25) is 20.0 Å². The zero-order valence-electron chi connectivity index (χ0n) is 20.0. The van der Waals surface area contributed by atoms with Gasteiger partial charge in [-0.15, -0.1) is 0 Å². The van der Waals surface area contributed by atoms with Gasteiger partial charge in [-0.05, 0) is 49.3 Å². The summed E-state index contributed by atoms with van der Waals surface area (Å²) in [6.45, 7) is 11.0. The Labute approximate surface area is 194 Å². The summed E-state index contributed by atoms with van der Waals surface area (Å²) in [6, 6.07) is 4.97. The van der Waals surface area contributed by atoms with Crippen molar-refractivity contribution in [2.75, 3.05) is 6.54 Å². The predicted molar refractivity (Wildman–Crippen MR) is 123 cm³/mol. The summed E-state index contributed by atoms with van der Waals surface area (Å²) in [5.41, 5.74) is 5.83. The quantitative estimate of drug-likeness (QED) is 0.611. The molecule has 0 spiro atoms. The largest absolute Gasteiger partial charge is 0.416 e. The number of hydrogen-bond acceptors (Lipinski definition) is 5. The van der Waals surface area contributed by atoms with Gasteiger partial charge in [-0.2, -0.15) is 13.2 Å². The zero-order valence-corrected chi connectivity index (χ0v) is 20.0. The number of halogens is 3. The van der Waals surface area contributed by atoms with Gasteiger partial charge in [-0.25, -0.2) is 0 Å². The molecule has 184 valence electrons. The highest BCUT2D eigenvalue weighted by molar-refractivity contribution is 5.91. The number of carbonyl (C=O) groups is 1. The Kier molecular flexibility index (Phi) is 7.43. The van der Waals surface area contributed by atoms with E-state index in [9.17, 15) is 18.0 Å². The van der Waals surface area contributed by atoms with Gasteiger partial charge in [0.15, 0.2) is 0 Å². The van der Waals surface area contributed by atoms with E-state index in [1.807, 2.05) is 13.8 Å². The van der Waals surface area contributed by atoms with Crippen LogP contribution in [0.3, 0.4) is 0 Å². The number of nitrogens with one attached hydrogen (secondary N) is 2. The molecule has 9 heteroatoms. The number of hydrogen-bond donors (Lipinski definition) is 3. The molecule has 4 N–H and O–H groups in total. The van der Waals surface area contributed by atoms with Crippen molar-refractivity contribution in [1.82, 2.24) is 15.5 Å². The fourth-order valence-electron chi connectivity index (χ4n) is 4.84. The molecule has 0 radical (unpaired) electrons. The topological polar surface area (TPSA) is 82.7 Å². The van der Waals surface area contributed by atoms with Crippen molar-refractivity contribution >= 4 is 11.7 Å². The number of alkyl halides is 3. The predicted octanol–water partition coefficient (Wildman–Crippen LogP) is 4.03. The first-order chi connectivity index (χ1) is 15.3. The lowest BCUT2D eigenvalue weighted by molar-refractivity contribution is -0.137. The second-order valence-electron chi connectivity index (χ2n) is 10.5. The monoisotopic (exact) mass is 467 g/mol. The van der Waals surface area contributed by atoms with Gasteiger partial charge in [0.25, 0.3) is 0 Å². The van der Waals surface area contributed by atoms with Gasteiger partial charge < -0.3 is 11.1 Å². The average molecular weight is 468 g/mol. The van der Waals surface area contributed by atoms with Crippen molar-refractivity contribution in [2.24, 2.45) is 22.1 Å². The first kappa shape index (κ1) is 25.5. The zero-order chi connectivity index (χ0) is 24.6. The third kappa shape index (κ3) is 6.26. The van der Waals surface area contributed by atoms with Crippen LogP contribution >= 0.6 is 0 Å². The van der Waals surface area contributed by atoms with Crippen molar-refractivity contribution in [1.29, 1.82) is 0 Å². The second-order valence-corrected chi connectivity index (χ2v) is 10.5. The summed E-state index contributed by atoms with van der Waals surface area (Å²) in [6.07, 6.45) is -2.18. The smallest absolute Gasteiger partial charge is 0.368 e. The highest BCUT2D eigenvalue weighted by Gasteiger charge is 2.40. The Morgan fingerprint density at radius 1 is 1.24 bits per heavy atom. The number of primary amides is 1. The van der Waals surface area contributed by atoms with Crippen LogP contribution < -0.4 is 16.4 Å². The maximum absolute atomic E-state index is 13.0. The third-order valence-electron chi connectivity index (χ3n) is 6.41. The SMILES string of the molecule is CC1N=C(N[C@H](CC(C)(C)C)C(N)=O)C(C)C(N2CCCC2c2ccc(C(F)(F)F)cc2)N1. The van der Waals surface area contributed by atoms with Crippen molar-refractivity contribution < 1.29 is 18.0 Å². The minimum atomic E-state index is -4.34. The second kappa shape index (κ2) is 9.62. The van der Waals surface area contributed by atoms with Crippen LogP contribution in [0.4, 0.5) is 13.2 Å². The molecule has 1 saturated heterocycles. The summed E-state index contributed by atoms with van der Waals surface area (Å²) in [5, 5.41) is 6.83. The number of nitrogens with two attached hydrogens (primary N) is 1. The van der Waals surface area contributed by atoms with E-state index in [0.29, 0.717) is 6.42 Å². The van der Waals surface area contributed by atoms with Gasteiger partial charge in [0.1, 0.15) is 11.9 Å². The number of aliphatic imine (C=N–C) groups is 1. The van der Waals surface area contributed by atoms with E-state index in [-0.39, 0.29) is 29.7 Å². The maximum Gasteiger partial charge on any atom is 0.416 e. The standard InChI is InChI=1S/C24H36F3N5O/c1-14-21(31-18(20(28)33)13-23(3,4)5)29-15(2)30-22(14)32-12-6-7-19(32)16-8-10-17(11-9-16)24(25,26)27/h8-11,14-15,18-19,22,30H,6-7,12-13H2,1-5H3,(H2,28,33)(H,29,31)/t14?,15?,18-,19?,22?/m1/s1. The molecular formula is C24H36F3N5O. The van der Waals surface area contributed by atoms with E-state index < -0.39 is 23.7 Å². The summed E-state index contributed by atoms with van der Waals surface area (Å²) in [5.74, 6) is 0.266. The number of carbonyl (C=O) groups excluding carboxylic acids is 1. The van der Waals surface area contributed by atoms with Gasteiger partial charge in [0, 0.05) is 18.5 Å². The van der Waals surface area contributed by atoms with Crippen molar-refractivity contribution in [3.8, 4) is 0 Å². The molecule has 33 heavy (non-hydrogen) atoms. The fourth-order valence-corrected chi connectivity index (χ4v) is 4.84. The molecule has 2 aliphatic rings. The lowest BCUT2D eigenvalue weighted by Gasteiger charge is -2.42. The van der Waals surface area contributed by atoms with Crippen molar-refractivity contribution in [2.45, 2.75) is 84.5 Å². The van der Waals surface area contributed by atoms with Crippen molar-refractivity contribution in [3.63, 3.8) is 0 Å². The molecule has 1 aromatic rings. The maximum atomic E-state index is 13.0. The molecule has 5 atom stereocenters. The molecule has 2 aliphatic heterocycles. The van der Waals surface area contributed by atoms with Crippen LogP contribution in [0.2, 0.25) is 0 Å². The Bertz CT molecular complexity index is 862. The molecule has 0 saturated carbocycles.